The number of aromatic carboxylic acids is 1. The first kappa shape index (κ1) is 13.3. The summed E-state index contributed by atoms with van der Waals surface area (Å²) in [5.74, 6) is -2.47. The van der Waals surface area contributed by atoms with Crippen LogP contribution in [0.25, 0.3) is 0 Å². The molecule has 0 saturated heterocycles. The van der Waals surface area contributed by atoms with Gasteiger partial charge >= 0.3 is 12.0 Å². The number of halogens is 1. The van der Waals surface area contributed by atoms with E-state index in [0.717, 1.165) is 24.5 Å². The summed E-state index contributed by atoms with van der Waals surface area (Å²) in [4.78, 5) is 27.4. The normalized spacial score (nSPS) is 10.1. The first-order chi connectivity index (χ1) is 9.47. The Kier molecular flexibility index (Phi) is 3.51. The highest BCUT2D eigenvalue weighted by Gasteiger charge is 2.13. The number of carboxylic acid groups (broad SMARTS) is 1. The Morgan fingerprint density at radius 1 is 1.35 bits per heavy atom. The lowest BCUT2D eigenvalue weighted by molar-refractivity contribution is -0.385. The van der Waals surface area contributed by atoms with Gasteiger partial charge < -0.3 is 9.84 Å². The minimum absolute atomic E-state index is 0.151. The van der Waals surface area contributed by atoms with Gasteiger partial charge in [0.05, 0.1) is 16.6 Å². The minimum atomic E-state index is -1.21. The molecule has 9 heteroatoms. The molecular weight excluding hydrogens is 273 g/mol. The Hall–Kier alpha value is -3.10. The summed E-state index contributed by atoms with van der Waals surface area (Å²) in [6.07, 6.45) is 1.99. The third kappa shape index (κ3) is 2.83. The first-order valence-electron chi connectivity index (χ1n) is 5.14. The number of benzene rings is 1. The molecule has 1 aromatic carbocycles. The van der Waals surface area contributed by atoms with E-state index in [1.54, 1.807) is 0 Å². The van der Waals surface area contributed by atoms with Crippen LogP contribution >= 0.6 is 0 Å². The van der Waals surface area contributed by atoms with Crippen LogP contribution < -0.4 is 4.74 Å². The van der Waals surface area contributed by atoms with E-state index in [9.17, 15) is 19.3 Å². The number of carboxylic acids is 1. The fourth-order valence-corrected chi connectivity index (χ4v) is 1.26. The lowest BCUT2D eigenvalue weighted by Gasteiger charge is -2.04. The van der Waals surface area contributed by atoms with Gasteiger partial charge in [0.1, 0.15) is 0 Å². The van der Waals surface area contributed by atoms with Crippen molar-refractivity contribution in [2.75, 3.05) is 0 Å². The van der Waals surface area contributed by atoms with E-state index < -0.39 is 22.4 Å². The van der Waals surface area contributed by atoms with Crippen LogP contribution in [0.3, 0.4) is 0 Å². The SMILES string of the molecule is O=C(O)c1cnc(Oc2ccc([N+](=O)[O-])cc2F)nc1. The summed E-state index contributed by atoms with van der Waals surface area (Å²) in [6, 6.07) is 2.54. The van der Waals surface area contributed by atoms with Gasteiger partial charge in [-0.25, -0.2) is 19.2 Å². The number of rotatable bonds is 4. The van der Waals surface area contributed by atoms with Crippen molar-refractivity contribution in [3.05, 3.63) is 52.1 Å². The van der Waals surface area contributed by atoms with Crippen LogP contribution in [0, 0.1) is 15.9 Å². The molecule has 0 aliphatic heterocycles. The van der Waals surface area contributed by atoms with Crippen LogP contribution in [0.5, 0.6) is 11.8 Å². The van der Waals surface area contributed by atoms with Crippen molar-refractivity contribution in [3.63, 3.8) is 0 Å². The predicted octanol–water partition coefficient (Wildman–Crippen LogP) is 2.01. The standard InChI is InChI=1S/C11H6FN3O5/c12-8-3-7(15(18)19)1-2-9(8)20-11-13-4-6(5-14-11)10(16)17/h1-5H,(H,16,17). The lowest BCUT2D eigenvalue weighted by Crippen LogP contribution is -2.00. The molecule has 0 aliphatic rings. The number of nitro groups is 1. The molecule has 1 N–H and O–H groups in total. The van der Waals surface area contributed by atoms with Gasteiger partial charge in [0.15, 0.2) is 11.6 Å². The van der Waals surface area contributed by atoms with Gasteiger partial charge in [-0.3, -0.25) is 10.1 Å². The molecule has 8 nitrogen and oxygen atoms in total. The molecule has 0 radical (unpaired) electrons. The maximum absolute atomic E-state index is 13.5. The zero-order chi connectivity index (χ0) is 14.7. The summed E-state index contributed by atoms with van der Waals surface area (Å²) in [5, 5.41) is 19.1. The van der Waals surface area contributed by atoms with Crippen LogP contribution in [0.4, 0.5) is 10.1 Å². The fourth-order valence-electron chi connectivity index (χ4n) is 1.26. The van der Waals surface area contributed by atoms with Crippen LogP contribution in [0.1, 0.15) is 10.4 Å². The Labute approximate surface area is 110 Å². The van der Waals surface area contributed by atoms with Crippen molar-refractivity contribution < 1.29 is 24.0 Å². The first-order valence-corrected chi connectivity index (χ1v) is 5.14. The number of ether oxygens (including phenoxy) is 1. The lowest BCUT2D eigenvalue weighted by atomic mass is 10.3. The van der Waals surface area contributed by atoms with Crippen LogP contribution in [-0.2, 0) is 0 Å². The average molecular weight is 279 g/mol. The van der Waals surface area contributed by atoms with Crippen molar-refractivity contribution in [1.82, 2.24) is 9.97 Å². The fraction of sp³-hybridized carbons (Fsp3) is 0. The van der Waals surface area contributed by atoms with Gasteiger partial charge in [-0.05, 0) is 6.07 Å². The van der Waals surface area contributed by atoms with Gasteiger partial charge in [0.2, 0.25) is 0 Å². The molecule has 0 unspecified atom stereocenters. The Morgan fingerprint density at radius 3 is 2.50 bits per heavy atom. The summed E-state index contributed by atoms with van der Waals surface area (Å²) < 4.78 is 18.5. The Morgan fingerprint density at radius 2 is 2.00 bits per heavy atom. The quantitative estimate of drug-likeness (QED) is 0.672. The molecule has 0 bridgehead atoms. The highest BCUT2D eigenvalue weighted by molar-refractivity contribution is 5.86. The smallest absolute Gasteiger partial charge is 0.338 e. The summed E-state index contributed by atoms with van der Waals surface area (Å²) >= 11 is 0. The van der Waals surface area contributed by atoms with E-state index >= 15 is 0 Å². The molecule has 102 valence electrons. The molecule has 2 rings (SSSR count). The largest absolute Gasteiger partial charge is 0.478 e. The van der Waals surface area contributed by atoms with E-state index in [1.807, 2.05) is 0 Å². The van der Waals surface area contributed by atoms with E-state index in [1.165, 1.54) is 0 Å². The number of carbonyl (C=O) groups is 1. The van der Waals surface area contributed by atoms with Crippen molar-refractivity contribution in [1.29, 1.82) is 0 Å². The summed E-state index contributed by atoms with van der Waals surface area (Å²) in [7, 11) is 0. The van der Waals surface area contributed by atoms with E-state index in [-0.39, 0.29) is 17.3 Å². The molecule has 1 aromatic heterocycles. The maximum Gasteiger partial charge on any atom is 0.338 e. The average Bonchev–Trinajstić information content (AvgIpc) is 2.41. The van der Waals surface area contributed by atoms with E-state index in [4.69, 9.17) is 9.84 Å². The van der Waals surface area contributed by atoms with E-state index in [0.29, 0.717) is 6.07 Å². The third-order valence-corrected chi connectivity index (χ3v) is 2.20. The third-order valence-electron chi connectivity index (χ3n) is 2.20. The van der Waals surface area contributed by atoms with Crippen LogP contribution in [-0.4, -0.2) is 26.0 Å². The van der Waals surface area contributed by atoms with Gasteiger partial charge in [0.25, 0.3) is 5.69 Å². The van der Waals surface area contributed by atoms with Crippen LogP contribution in [0.15, 0.2) is 30.6 Å². The molecule has 1 heterocycles. The molecular formula is C11H6FN3O5. The monoisotopic (exact) mass is 279 g/mol. The minimum Gasteiger partial charge on any atom is -0.478 e. The summed E-state index contributed by atoms with van der Waals surface area (Å²) in [5.41, 5.74) is -0.571. The number of non-ortho nitro benzene ring substituents is 1. The predicted molar refractivity (Wildman–Crippen MR) is 62.1 cm³/mol. The molecule has 0 spiro atoms. The van der Waals surface area contributed by atoms with Gasteiger partial charge in [-0.1, -0.05) is 0 Å². The number of aromatic nitrogens is 2. The van der Waals surface area contributed by atoms with Crippen molar-refractivity contribution >= 4 is 11.7 Å². The van der Waals surface area contributed by atoms with Crippen LogP contribution in [0.2, 0.25) is 0 Å². The number of nitrogens with zero attached hydrogens (tertiary/aromatic N) is 3. The Bertz CT molecular complexity index is 674. The molecule has 0 fully saturated rings. The molecule has 2 aromatic rings. The second-order valence-electron chi connectivity index (χ2n) is 3.53. The molecule has 0 saturated carbocycles. The number of hydrogen-bond donors (Lipinski definition) is 1. The highest BCUT2D eigenvalue weighted by atomic mass is 19.1. The Balaban J connectivity index is 2.21. The summed E-state index contributed by atoms with van der Waals surface area (Å²) in [6.45, 7) is 0. The van der Waals surface area contributed by atoms with Gasteiger partial charge in [0, 0.05) is 18.5 Å². The van der Waals surface area contributed by atoms with Crippen molar-refractivity contribution in [2.24, 2.45) is 0 Å². The van der Waals surface area contributed by atoms with Crippen molar-refractivity contribution in [2.45, 2.75) is 0 Å². The van der Waals surface area contributed by atoms with Crippen molar-refractivity contribution in [3.8, 4) is 11.8 Å². The van der Waals surface area contributed by atoms with Gasteiger partial charge in [-0.2, -0.15) is 0 Å². The number of nitro benzene ring substituents is 1. The topological polar surface area (TPSA) is 115 Å². The zero-order valence-electron chi connectivity index (χ0n) is 9.69. The number of hydrogen-bond acceptors (Lipinski definition) is 6. The molecule has 0 atom stereocenters. The maximum atomic E-state index is 13.5. The highest BCUT2D eigenvalue weighted by Crippen LogP contribution is 2.25. The molecule has 0 aliphatic carbocycles. The van der Waals surface area contributed by atoms with Gasteiger partial charge in [-0.15, -0.1) is 0 Å². The second-order valence-corrected chi connectivity index (χ2v) is 3.53. The van der Waals surface area contributed by atoms with E-state index in [2.05, 4.69) is 9.97 Å². The second kappa shape index (κ2) is 5.26. The zero-order valence-corrected chi connectivity index (χ0v) is 9.69. The molecule has 20 heavy (non-hydrogen) atoms. The molecule has 0 amide bonds.